The lowest BCUT2D eigenvalue weighted by Gasteiger charge is -2.45. The summed E-state index contributed by atoms with van der Waals surface area (Å²) in [5.74, 6) is 0. The Hall–Kier alpha value is -16.3. The van der Waals surface area contributed by atoms with E-state index < -0.39 is 6.71 Å². The molecule has 19 aromatic carbocycles. The average Bonchev–Trinajstić information content (AvgIpc) is 1.05. The van der Waals surface area contributed by atoms with E-state index in [0.717, 1.165) is 188 Å². The highest BCUT2D eigenvalue weighted by Crippen LogP contribution is 2.53. The highest BCUT2D eigenvalue weighted by atomic mass is 15.2. The van der Waals surface area contributed by atoms with Crippen LogP contribution in [-0.2, 0) is 0 Å². The molecule has 0 N–H and O–H groups in total. The van der Waals surface area contributed by atoms with E-state index in [9.17, 15) is 0 Å². The number of benzene rings is 19. The third-order valence-electron chi connectivity index (χ3n) is 26.4. The molecule has 7 heteroatoms. The van der Waals surface area contributed by atoms with Crippen LogP contribution >= 0.6 is 0 Å². The number of para-hydroxylation sites is 5. The first-order valence-corrected chi connectivity index (χ1v) is 42.0. The molecule has 0 atom stereocenters. The molecule has 0 bridgehead atoms. The first-order valence-electron chi connectivity index (χ1n) is 42.0. The van der Waals surface area contributed by atoms with E-state index in [1.165, 1.54) is 53.9 Å². The van der Waals surface area contributed by atoms with Gasteiger partial charge in [0.25, 0.3) is 6.71 Å². The minimum atomic E-state index is -0.458. The molecule has 5 aromatic heterocycles. The molecule has 0 spiro atoms. The van der Waals surface area contributed by atoms with E-state index >= 15 is 0 Å². The van der Waals surface area contributed by atoms with E-state index in [4.69, 9.17) is 6.57 Å². The molecule has 0 unspecified atom stereocenters. The summed E-state index contributed by atoms with van der Waals surface area (Å²) < 4.78 is 7.72. The van der Waals surface area contributed by atoms with Crippen molar-refractivity contribution in [3.63, 3.8) is 0 Å². The van der Waals surface area contributed by atoms with E-state index in [1.54, 1.807) is 0 Å². The van der Waals surface area contributed by atoms with Gasteiger partial charge in [-0.15, -0.1) is 0 Å². The molecule has 0 saturated carbocycles. The molecular weight excluding hydrogens is 1480 g/mol. The average molecular weight is 1550 g/mol. The largest absolute Gasteiger partial charge is 0.311 e. The fourth-order valence-electron chi connectivity index (χ4n) is 21.3. The monoisotopic (exact) mass is 1540 g/mol. The van der Waals surface area contributed by atoms with Crippen molar-refractivity contribution in [2.75, 3.05) is 9.80 Å². The van der Waals surface area contributed by atoms with E-state index in [1.807, 2.05) is 6.07 Å². The van der Waals surface area contributed by atoms with Crippen LogP contribution in [0.15, 0.2) is 419 Å². The minimum absolute atomic E-state index is 0.458. The minimum Gasteiger partial charge on any atom is -0.311 e. The molecule has 26 rings (SSSR count). The number of hydrogen-bond acceptors (Lipinski definition) is 2. The number of anilines is 6. The number of fused-ring (bicyclic) bond motifs is 27. The standard InChI is InChI=1S/C115H69BN6/c1-117-79-56-57-106-98(64-79)93-48-24-25-53-103(93)118(106)82-65-111-113-112(66-82)120(81-62-77(73-34-10-4-11-35-73)59-78(63-81)74-36-12-5-13-37-74)110-70-108-100(90-45-21-17-41-86(90)84-39-15-19-43-88(84)95-50-29-52-97-92-47-23-27-55-105(92)122(108)115(95)97)68-102(110)116(113)101-67-99-89-44-20-16-40-85(89)83-38-14-18-42-87(83)94-49-28-51-96-91-46-22-26-54-104(91)121(114(94)96)107(99)69-109(101)119(111)80-60-75(71-30-6-2-7-31-71)58-76(61-80)72-32-8-3-9-33-72/h2-70H. The molecule has 24 aromatic rings. The predicted molar refractivity (Wildman–Crippen MR) is 517 cm³/mol. The Labute approximate surface area is 702 Å². The fourth-order valence-corrected chi connectivity index (χ4v) is 21.3. The van der Waals surface area contributed by atoms with Gasteiger partial charge in [-0.05, 0) is 200 Å². The van der Waals surface area contributed by atoms with Crippen molar-refractivity contribution >= 4 is 204 Å². The second-order valence-electron chi connectivity index (χ2n) is 32.8. The summed E-state index contributed by atoms with van der Waals surface area (Å²) in [5, 5.41) is 20.7. The number of nitrogens with zero attached hydrogens (tertiary/aromatic N) is 6. The third-order valence-corrected chi connectivity index (χ3v) is 26.4. The Balaban J connectivity index is 0.929. The number of rotatable bonds is 7. The summed E-state index contributed by atoms with van der Waals surface area (Å²) in [4.78, 5) is 9.43. The maximum atomic E-state index is 8.51. The zero-order chi connectivity index (χ0) is 79.9. The second-order valence-corrected chi connectivity index (χ2v) is 32.8. The zero-order valence-electron chi connectivity index (χ0n) is 66.1. The van der Waals surface area contributed by atoms with Crippen molar-refractivity contribution < 1.29 is 0 Å². The summed E-state index contributed by atoms with van der Waals surface area (Å²) in [6.07, 6.45) is 0. The first-order chi connectivity index (χ1) is 60.5. The van der Waals surface area contributed by atoms with Crippen LogP contribution in [0, 0.1) is 6.57 Å². The molecule has 0 amide bonds. The van der Waals surface area contributed by atoms with Crippen LogP contribution in [0.25, 0.3) is 196 Å². The van der Waals surface area contributed by atoms with Crippen molar-refractivity contribution in [2.24, 2.45) is 0 Å². The smallest absolute Gasteiger partial charge is 0.252 e. The van der Waals surface area contributed by atoms with Crippen LogP contribution in [0.5, 0.6) is 0 Å². The molecule has 0 saturated heterocycles. The lowest BCUT2D eigenvalue weighted by atomic mass is 9.33. The van der Waals surface area contributed by atoms with Crippen LogP contribution in [0.1, 0.15) is 0 Å². The normalized spacial score (nSPS) is 12.5. The van der Waals surface area contributed by atoms with Gasteiger partial charge >= 0.3 is 0 Å². The number of aromatic nitrogens is 3. The van der Waals surface area contributed by atoms with Gasteiger partial charge in [0.2, 0.25) is 0 Å². The Morgan fingerprint density at radius 3 is 0.869 bits per heavy atom. The van der Waals surface area contributed by atoms with Gasteiger partial charge in [0, 0.05) is 82.6 Å². The highest BCUT2D eigenvalue weighted by molar-refractivity contribution is 7.00. The lowest BCUT2D eigenvalue weighted by molar-refractivity contribution is 1.16. The topological polar surface area (TPSA) is 24.6 Å². The summed E-state index contributed by atoms with van der Waals surface area (Å²) in [7, 11) is 0. The van der Waals surface area contributed by atoms with E-state index in [2.05, 4.69) is 441 Å². The molecule has 562 valence electrons. The van der Waals surface area contributed by atoms with Crippen molar-refractivity contribution in [3.8, 4) is 50.2 Å². The Morgan fingerprint density at radius 1 is 0.197 bits per heavy atom. The molecule has 0 fully saturated rings. The third kappa shape index (κ3) is 9.95. The summed E-state index contributed by atoms with van der Waals surface area (Å²) in [5.41, 5.74) is 28.8. The zero-order valence-corrected chi connectivity index (χ0v) is 66.1. The van der Waals surface area contributed by atoms with Gasteiger partial charge in [-0.1, -0.05) is 328 Å². The Kier molecular flexibility index (Phi) is 14.7. The summed E-state index contributed by atoms with van der Waals surface area (Å²) >= 11 is 0. The van der Waals surface area contributed by atoms with E-state index in [-0.39, 0.29) is 0 Å². The van der Waals surface area contributed by atoms with Crippen molar-refractivity contribution in [2.45, 2.75) is 0 Å². The maximum absolute atomic E-state index is 8.51. The van der Waals surface area contributed by atoms with Crippen LogP contribution in [0.4, 0.5) is 39.8 Å². The summed E-state index contributed by atoms with van der Waals surface area (Å²) in [6.45, 7) is 8.05. The quantitative estimate of drug-likeness (QED) is 0.117. The molecular formula is C115H69BN6. The first kappa shape index (κ1) is 67.9. The molecule has 0 radical (unpaired) electrons. The van der Waals surface area contributed by atoms with Crippen molar-refractivity contribution in [3.05, 3.63) is 430 Å². The maximum Gasteiger partial charge on any atom is 0.252 e. The molecule has 2 aliphatic rings. The highest BCUT2D eigenvalue weighted by Gasteiger charge is 2.45. The predicted octanol–water partition coefficient (Wildman–Crippen LogP) is 29.2. The van der Waals surface area contributed by atoms with Crippen LogP contribution in [0.2, 0.25) is 0 Å². The fraction of sp³-hybridized carbons (Fsp3) is 0. The van der Waals surface area contributed by atoms with Crippen molar-refractivity contribution in [1.29, 1.82) is 0 Å². The molecule has 122 heavy (non-hydrogen) atoms. The van der Waals surface area contributed by atoms with Crippen LogP contribution in [-0.4, -0.2) is 20.1 Å². The van der Waals surface area contributed by atoms with Crippen LogP contribution in [0.3, 0.4) is 0 Å². The van der Waals surface area contributed by atoms with Gasteiger partial charge in [0.15, 0.2) is 5.69 Å². The van der Waals surface area contributed by atoms with Gasteiger partial charge in [0.05, 0.1) is 56.4 Å². The molecule has 0 aliphatic carbocycles. The Bertz CT molecular complexity index is 8240. The lowest BCUT2D eigenvalue weighted by Crippen LogP contribution is -2.61. The van der Waals surface area contributed by atoms with Crippen molar-refractivity contribution in [1.82, 2.24) is 13.4 Å². The molecule has 6 nitrogen and oxygen atoms in total. The SMILES string of the molecule is [C-]#[N+]c1ccc2c(c1)c1ccccc1n2-c1cc2c3c(c1)N(c1cc(-c4ccccc4)cc(-c4ccccc4)c1)c1cc4c(cc1B3c1cc3c5ccccc5c5ccccc5c5cccc6c7ccccc7n(c3cc1N2c1cc(-c2ccccc2)cc(-c2ccccc2)c1)c56)c1ccccc1c1ccccc1c1cccc2c3ccccc3n4c12. The molecule has 7 heterocycles. The molecule has 2 aliphatic heterocycles. The van der Waals surface area contributed by atoms with Crippen LogP contribution < -0.4 is 26.2 Å². The Morgan fingerprint density at radius 2 is 0.492 bits per heavy atom. The van der Waals surface area contributed by atoms with Gasteiger partial charge < -0.3 is 23.2 Å². The second kappa shape index (κ2) is 26.4. The van der Waals surface area contributed by atoms with Gasteiger partial charge in [-0.3, -0.25) is 0 Å². The van der Waals surface area contributed by atoms with Gasteiger partial charge in [-0.25, -0.2) is 4.85 Å². The van der Waals surface area contributed by atoms with E-state index in [0.29, 0.717) is 5.69 Å². The van der Waals surface area contributed by atoms with Gasteiger partial charge in [0.1, 0.15) is 0 Å². The summed E-state index contributed by atoms with van der Waals surface area (Å²) in [6, 6.07) is 158. The van der Waals surface area contributed by atoms with Gasteiger partial charge in [-0.2, -0.15) is 0 Å². The number of hydrogen-bond donors (Lipinski definition) is 0.